The molecule has 0 aromatic heterocycles. The third-order valence-electron chi connectivity index (χ3n) is 5.46. The Hall–Kier alpha value is -3.60. The van der Waals surface area contributed by atoms with Crippen molar-refractivity contribution in [3.63, 3.8) is 0 Å². The number of nitrogens with one attached hydrogen (secondary N) is 2. The molecule has 0 heterocycles. The van der Waals surface area contributed by atoms with Crippen LogP contribution >= 0.6 is 0 Å². The normalized spacial score (nSPS) is 16.9. The fourth-order valence-corrected chi connectivity index (χ4v) is 3.54. The molecule has 3 aromatic rings. The van der Waals surface area contributed by atoms with Crippen molar-refractivity contribution in [2.75, 3.05) is 18.5 Å². The zero-order valence-electron chi connectivity index (χ0n) is 17.5. The summed E-state index contributed by atoms with van der Waals surface area (Å²) in [4.78, 5) is 24.6. The van der Waals surface area contributed by atoms with Gasteiger partial charge in [-0.15, -0.1) is 0 Å². The Kier molecular flexibility index (Phi) is 6.32. The number of ether oxygens (including phenoxy) is 1. The minimum Gasteiger partial charge on any atom is -0.491 e. The smallest absolute Gasteiger partial charge is 0.251 e. The monoisotopic (exact) mass is 414 g/mol. The van der Waals surface area contributed by atoms with Crippen LogP contribution in [0.5, 0.6) is 5.75 Å². The fraction of sp³-hybridized carbons (Fsp3) is 0.231. The second kappa shape index (κ2) is 9.47. The maximum absolute atomic E-state index is 12.5. The van der Waals surface area contributed by atoms with Crippen LogP contribution in [0, 0.1) is 11.8 Å². The molecule has 0 bridgehead atoms. The van der Waals surface area contributed by atoms with Crippen molar-refractivity contribution >= 4 is 17.5 Å². The molecule has 1 saturated carbocycles. The van der Waals surface area contributed by atoms with E-state index < -0.39 is 0 Å². The van der Waals surface area contributed by atoms with E-state index >= 15 is 0 Å². The average Bonchev–Trinajstić information content (AvgIpc) is 3.54. The number of hydrogen-bond acceptors (Lipinski definition) is 3. The van der Waals surface area contributed by atoms with Gasteiger partial charge in [-0.25, -0.2) is 0 Å². The van der Waals surface area contributed by atoms with Gasteiger partial charge in [-0.05, 0) is 42.2 Å². The Morgan fingerprint density at radius 2 is 1.71 bits per heavy atom. The number of hydrogen-bond donors (Lipinski definition) is 2. The van der Waals surface area contributed by atoms with E-state index in [9.17, 15) is 9.59 Å². The highest BCUT2D eigenvalue weighted by atomic mass is 16.5. The van der Waals surface area contributed by atoms with Crippen LogP contribution in [0.4, 0.5) is 5.69 Å². The number of amides is 2. The van der Waals surface area contributed by atoms with E-state index in [-0.39, 0.29) is 17.7 Å². The molecular formula is C26H26N2O3. The van der Waals surface area contributed by atoms with Gasteiger partial charge in [-0.1, -0.05) is 61.5 Å². The van der Waals surface area contributed by atoms with Crippen LogP contribution in [-0.4, -0.2) is 25.0 Å². The van der Waals surface area contributed by atoms with Crippen molar-refractivity contribution in [1.29, 1.82) is 0 Å². The fourth-order valence-electron chi connectivity index (χ4n) is 3.54. The molecule has 158 valence electrons. The molecule has 5 heteroatoms. The van der Waals surface area contributed by atoms with Gasteiger partial charge in [0.2, 0.25) is 5.91 Å². The summed E-state index contributed by atoms with van der Waals surface area (Å²) in [6.45, 7) is 2.79. The van der Waals surface area contributed by atoms with Crippen molar-refractivity contribution in [3.05, 3.63) is 84.4 Å². The summed E-state index contributed by atoms with van der Waals surface area (Å²) in [6.07, 6.45) is 0.930. The predicted octanol–water partition coefficient (Wildman–Crippen LogP) is 4.76. The van der Waals surface area contributed by atoms with Crippen molar-refractivity contribution in [1.82, 2.24) is 5.32 Å². The van der Waals surface area contributed by atoms with E-state index in [4.69, 9.17) is 4.74 Å². The summed E-state index contributed by atoms with van der Waals surface area (Å²) in [5.41, 5.74) is 3.25. The standard InChI is InChI=1S/C26H26N2O3/c1-18-16-23(18)26(30)28-21-11-7-10-20(17-21)25(29)27-14-15-31-24-13-6-5-12-22(24)19-8-3-2-4-9-19/h2-13,17-18,23H,14-16H2,1H3,(H,27,29)(H,28,30). The lowest BCUT2D eigenvalue weighted by Gasteiger charge is -2.12. The summed E-state index contributed by atoms with van der Waals surface area (Å²) in [5, 5.41) is 5.77. The summed E-state index contributed by atoms with van der Waals surface area (Å²) >= 11 is 0. The van der Waals surface area contributed by atoms with Gasteiger partial charge in [-0.3, -0.25) is 9.59 Å². The van der Waals surface area contributed by atoms with Gasteiger partial charge in [0.05, 0.1) is 6.54 Å². The minimum absolute atomic E-state index is 0.0236. The molecular weight excluding hydrogens is 388 g/mol. The first kappa shape index (κ1) is 20.7. The molecule has 0 aliphatic heterocycles. The quantitative estimate of drug-likeness (QED) is 0.523. The van der Waals surface area contributed by atoms with E-state index in [1.807, 2.05) is 54.6 Å². The molecule has 2 amide bonds. The highest BCUT2D eigenvalue weighted by molar-refractivity contribution is 5.98. The number of benzene rings is 3. The topological polar surface area (TPSA) is 67.4 Å². The lowest BCUT2D eigenvalue weighted by Crippen LogP contribution is -2.28. The molecule has 0 saturated heterocycles. The van der Waals surface area contributed by atoms with Crippen LogP contribution in [0.1, 0.15) is 23.7 Å². The van der Waals surface area contributed by atoms with Crippen LogP contribution in [0.3, 0.4) is 0 Å². The molecule has 1 aliphatic carbocycles. The Morgan fingerprint density at radius 1 is 0.968 bits per heavy atom. The Bertz CT molecular complexity index is 1070. The number of anilines is 1. The van der Waals surface area contributed by atoms with Crippen molar-refractivity contribution < 1.29 is 14.3 Å². The van der Waals surface area contributed by atoms with Gasteiger partial charge in [0, 0.05) is 22.7 Å². The van der Waals surface area contributed by atoms with Gasteiger partial charge in [-0.2, -0.15) is 0 Å². The zero-order chi connectivity index (χ0) is 21.6. The highest BCUT2D eigenvalue weighted by Gasteiger charge is 2.39. The Labute approximate surface area is 182 Å². The third kappa shape index (κ3) is 5.31. The molecule has 2 atom stereocenters. The van der Waals surface area contributed by atoms with Crippen LogP contribution < -0.4 is 15.4 Å². The molecule has 0 radical (unpaired) electrons. The molecule has 0 spiro atoms. The van der Waals surface area contributed by atoms with Crippen molar-refractivity contribution in [3.8, 4) is 16.9 Å². The van der Waals surface area contributed by atoms with Crippen LogP contribution in [-0.2, 0) is 4.79 Å². The number of carbonyl (C=O) groups excluding carboxylic acids is 2. The summed E-state index contributed by atoms with van der Waals surface area (Å²) in [7, 11) is 0. The zero-order valence-corrected chi connectivity index (χ0v) is 17.5. The largest absolute Gasteiger partial charge is 0.491 e. The van der Waals surface area contributed by atoms with Crippen molar-refractivity contribution in [2.45, 2.75) is 13.3 Å². The lowest BCUT2D eigenvalue weighted by atomic mass is 10.1. The molecule has 5 nitrogen and oxygen atoms in total. The summed E-state index contributed by atoms with van der Waals surface area (Å²) in [5.74, 6) is 1.14. The lowest BCUT2D eigenvalue weighted by molar-refractivity contribution is -0.117. The molecule has 1 fully saturated rings. The SMILES string of the molecule is CC1CC1C(=O)Nc1cccc(C(=O)NCCOc2ccccc2-c2ccccc2)c1. The maximum atomic E-state index is 12.5. The molecule has 4 rings (SSSR count). The first-order chi connectivity index (χ1) is 15.1. The van der Waals surface area contributed by atoms with E-state index in [1.165, 1.54) is 0 Å². The first-order valence-electron chi connectivity index (χ1n) is 10.6. The molecule has 2 N–H and O–H groups in total. The van der Waals surface area contributed by atoms with Gasteiger partial charge in [0.15, 0.2) is 0 Å². The number of para-hydroxylation sites is 1. The minimum atomic E-state index is -0.198. The first-order valence-corrected chi connectivity index (χ1v) is 10.6. The molecule has 2 unspecified atom stereocenters. The summed E-state index contributed by atoms with van der Waals surface area (Å²) in [6, 6.07) is 24.9. The van der Waals surface area contributed by atoms with Crippen LogP contribution in [0.25, 0.3) is 11.1 Å². The van der Waals surface area contributed by atoms with E-state index in [2.05, 4.69) is 17.6 Å². The number of rotatable bonds is 8. The second-order valence-corrected chi connectivity index (χ2v) is 7.86. The van der Waals surface area contributed by atoms with Gasteiger partial charge >= 0.3 is 0 Å². The number of carbonyl (C=O) groups is 2. The molecule has 1 aliphatic rings. The van der Waals surface area contributed by atoms with Gasteiger partial charge in [0.1, 0.15) is 12.4 Å². The third-order valence-corrected chi connectivity index (χ3v) is 5.46. The molecule has 3 aromatic carbocycles. The van der Waals surface area contributed by atoms with Gasteiger partial charge in [0.25, 0.3) is 5.91 Å². The van der Waals surface area contributed by atoms with E-state index in [1.54, 1.807) is 24.3 Å². The van der Waals surface area contributed by atoms with E-state index in [0.717, 1.165) is 23.3 Å². The Morgan fingerprint density at radius 3 is 2.48 bits per heavy atom. The van der Waals surface area contributed by atoms with Crippen LogP contribution in [0.15, 0.2) is 78.9 Å². The predicted molar refractivity (Wildman–Crippen MR) is 122 cm³/mol. The summed E-state index contributed by atoms with van der Waals surface area (Å²) < 4.78 is 5.93. The van der Waals surface area contributed by atoms with Crippen LogP contribution in [0.2, 0.25) is 0 Å². The maximum Gasteiger partial charge on any atom is 0.251 e. The second-order valence-electron chi connectivity index (χ2n) is 7.86. The van der Waals surface area contributed by atoms with Crippen molar-refractivity contribution in [2.24, 2.45) is 11.8 Å². The Balaban J connectivity index is 1.29. The van der Waals surface area contributed by atoms with Gasteiger partial charge < -0.3 is 15.4 Å². The molecule has 31 heavy (non-hydrogen) atoms. The highest BCUT2D eigenvalue weighted by Crippen LogP contribution is 2.38. The van der Waals surface area contributed by atoms with E-state index in [0.29, 0.717) is 30.3 Å². The average molecular weight is 415 g/mol.